The fraction of sp³-hybridized carbons (Fsp3) is 0. The standard InChI is InChI=1S/C7H6O2S.Fe/c8-6-4-2-1-3-5(6)7(9)10;/h1-4,8H,(H,9,10);. The van der Waals surface area contributed by atoms with Crippen molar-refractivity contribution >= 4 is 17.7 Å². The summed E-state index contributed by atoms with van der Waals surface area (Å²) in [7, 11) is 0. The van der Waals surface area contributed by atoms with Crippen molar-refractivity contribution in [2.75, 3.05) is 0 Å². The average molecular weight is 210 g/mol. The van der Waals surface area contributed by atoms with Gasteiger partial charge in [-0.1, -0.05) is 12.1 Å². The van der Waals surface area contributed by atoms with E-state index < -0.39 is 5.12 Å². The first kappa shape index (κ1) is 10.6. The summed E-state index contributed by atoms with van der Waals surface area (Å²) in [5.74, 6) is -0.0255. The van der Waals surface area contributed by atoms with Crippen molar-refractivity contribution in [2.24, 2.45) is 0 Å². The van der Waals surface area contributed by atoms with Gasteiger partial charge in [0.2, 0.25) is 5.12 Å². The fourth-order valence-corrected chi connectivity index (χ4v) is 0.844. The molecule has 11 heavy (non-hydrogen) atoms. The molecular weight excluding hydrogens is 204 g/mol. The van der Waals surface area contributed by atoms with Crippen molar-refractivity contribution in [2.45, 2.75) is 0 Å². The molecule has 0 fully saturated rings. The van der Waals surface area contributed by atoms with E-state index in [9.17, 15) is 4.79 Å². The third-order valence-corrected chi connectivity index (χ3v) is 1.38. The van der Waals surface area contributed by atoms with Crippen LogP contribution in [-0.4, -0.2) is 10.2 Å². The fourth-order valence-electron chi connectivity index (χ4n) is 0.654. The molecule has 0 saturated carbocycles. The first-order valence-electron chi connectivity index (χ1n) is 2.73. The molecule has 0 aliphatic heterocycles. The topological polar surface area (TPSA) is 37.3 Å². The van der Waals surface area contributed by atoms with Crippen molar-refractivity contribution in [3.8, 4) is 5.75 Å². The summed E-state index contributed by atoms with van der Waals surface area (Å²) in [6.07, 6.45) is 0. The zero-order chi connectivity index (χ0) is 7.56. The number of rotatable bonds is 1. The van der Waals surface area contributed by atoms with Crippen LogP contribution in [0.25, 0.3) is 0 Å². The predicted molar refractivity (Wildman–Crippen MR) is 41.4 cm³/mol. The van der Waals surface area contributed by atoms with Crippen LogP contribution < -0.4 is 0 Å². The number of carbonyl (C=O) groups is 1. The SMILES string of the molecule is O=C(S)c1ccccc1O.[Fe]. The Hall–Kier alpha value is -0.441. The summed E-state index contributed by atoms with van der Waals surface area (Å²) in [5, 5.41) is 8.59. The summed E-state index contributed by atoms with van der Waals surface area (Å²) < 4.78 is 0. The van der Waals surface area contributed by atoms with E-state index in [0.29, 0.717) is 0 Å². The van der Waals surface area contributed by atoms with Crippen LogP contribution in [0.5, 0.6) is 5.75 Å². The summed E-state index contributed by atoms with van der Waals surface area (Å²) in [6, 6.07) is 6.28. The van der Waals surface area contributed by atoms with Crippen LogP contribution in [-0.2, 0) is 17.1 Å². The number of phenolic OH excluding ortho intramolecular Hbond substituents is 1. The number of benzene rings is 1. The van der Waals surface area contributed by atoms with E-state index in [2.05, 4.69) is 12.6 Å². The number of carbonyl (C=O) groups excluding carboxylic acids is 1. The largest absolute Gasteiger partial charge is 0.507 e. The van der Waals surface area contributed by atoms with Gasteiger partial charge in [-0.15, -0.1) is 12.6 Å². The van der Waals surface area contributed by atoms with Gasteiger partial charge < -0.3 is 5.11 Å². The van der Waals surface area contributed by atoms with Crippen LogP contribution >= 0.6 is 12.6 Å². The van der Waals surface area contributed by atoms with Gasteiger partial charge in [0, 0.05) is 17.1 Å². The molecule has 0 aliphatic rings. The molecule has 0 unspecified atom stereocenters. The van der Waals surface area contributed by atoms with Crippen molar-refractivity contribution in [1.82, 2.24) is 0 Å². The number of hydrogen-bond acceptors (Lipinski definition) is 2. The van der Waals surface area contributed by atoms with Crippen LogP contribution in [0.2, 0.25) is 0 Å². The predicted octanol–water partition coefficient (Wildman–Crippen LogP) is 1.46. The number of thiol groups is 1. The van der Waals surface area contributed by atoms with Gasteiger partial charge >= 0.3 is 0 Å². The molecule has 0 heterocycles. The van der Waals surface area contributed by atoms with Crippen molar-refractivity contribution in [1.29, 1.82) is 0 Å². The minimum atomic E-state index is -0.418. The van der Waals surface area contributed by atoms with Gasteiger partial charge in [-0.3, -0.25) is 4.79 Å². The summed E-state index contributed by atoms with van der Waals surface area (Å²) in [4.78, 5) is 10.6. The molecule has 1 rings (SSSR count). The van der Waals surface area contributed by atoms with Crippen LogP contribution in [0.1, 0.15) is 10.4 Å². The Morgan fingerprint density at radius 1 is 1.36 bits per heavy atom. The number of para-hydroxylation sites is 1. The molecule has 0 bridgehead atoms. The first-order chi connectivity index (χ1) is 4.72. The summed E-state index contributed by atoms with van der Waals surface area (Å²) in [5.41, 5.74) is 0.242. The van der Waals surface area contributed by atoms with Crippen LogP contribution in [0, 0.1) is 0 Å². The van der Waals surface area contributed by atoms with Gasteiger partial charge in [-0.05, 0) is 12.1 Å². The Labute approximate surface area is 80.5 Å². The Bertz CT molecular complexity index is 262. The van der Waals surface area contributed by atoms with E-state index >= 15 is 0 Å². The molecule has 0 amide bonds. The second kappa shape index (κ2) is 4.44. The quantitative estimate of drug-likeness (QED) is 0.543. The molecular formula is C7H6FeO2S. The van der Waals surface area contributed by atoms with Crippen LogP contribution in [0.4, 0.5) is 0 Å². The minimum absolute atomic E-state index is 0. The molecule has 4 heteroatoms. The number of aromatic hydroxyl groups is 1. The van der Waals surface area contributed by atoms with Crippen molar-refractivity contribution in [3.05, 3.63) is 29.8 Å². The molecule has 0 aliphatic carbocycles. The Morgan fingerprint density at radius 2 is 1.91 bits per heavy atom. The molecule has 60 valence electrons. The third-order valence-electron chi connectivity index (χ3n) is 1.13. The van der Waals surface area contributed by atoms with Gasteiger partial charge in [0.15, 0.2) is 0 Å². The van der Waals surface area contributed by atoms with Gasteiger partial charge in [-0.25, -0.2) is 0 Å². The monoisotopic (exact) mass is 210 g/mol. The van der Waals surface area contributed by atoms with Crippen LogP contribution in [0.3, 0.4) is 0 Å². The summed E-state index contributed by atoms with van der Waals surface area (Å²) in [6.45, 7) is 0. The van der Waals surface area contributed by atoms with Gasteiger partial charge in [0.25, 0.3) is 0 Å². The first-order valence-corrected chi connectivity index (χ1v) is 3.18. The number of hydrogen-bond donors (Lipinski definition) is 2. The van der Waals surface area contributed by atoms with Gasteiger partial charge in [0.05, 0.1) is 5.56 Å². The zero-order valence-corrected chi connectivity index (χ0v) is 7.46. The Morgan fingerprint density at radius 3 is 2.27 bits per heavy atom. The van der Waals surface area contributed by atoms with E-state index in [4.69, 9.17) is 5.11 Å². The molecule has 1 aromatic rings. The van der Waals surface area contributed by atoms with E-state index in [1.165, 1.54) is 12.1 Å². The zero-order valence-electron chi connectivity index (χ0n) is 5.47. The maximum atomic E-state index is 10.6. The van der Waals surface area contributed by atoms with E-state index in [1.807, 2.05) is 0 Å². The Balaban J connectivity index is 0.000001000. The van der Waals surface area contributed by atoms with E-state index in [1.54, 1.807) is 12.1 Å². The molecule has 0 spiro atoms. The molecule has 0 aromatic heterocycles. The molecule has 0 radical (unpaired) electrons. The molecule has 1 aromatic carbocycles. The third kappa shape index (κ3) is 2.58. The molecule has 2 nitrogen and oxygen atoms in total. The molecule has 0 atom stereocenters. The van der Waals surface area contributed by atoms with Gasteiger partial charge in [-0.2, -0.15) is 0 Å². The average Bonchev–Trinajstić information content (AvgIpc) is 1.88. The van der Waals surface area contributed by atoms with Gasteiger partial charge in [0.1, 0.15) is 5.75 Å². The van der Waals surface area contributed by atoms with Crippen molar-refractivity contribution in [3.63, 3.8) is 0 Å². The second-order valence-corrected chi connectivity index (χ2v) is 2.23. The number of phenols is 1. The van der Waals surface area contributed by atoms with E-state index in [0.717, 1.165) is 0 Å². The second-order valence-electron chi connectivity index (χ2n) is 1.82. The van der Waals surface area contributed by atoms with Crippen molar-refractivity contribution < 1.29 is 27.0 Å². The maximum absolute atomic E-state index is 10.6. The smallest absolute Gasteiger partial charge is 0.220 e. The maximum Gasteiger partial charge on any atom is 0.220 e. The summed E-state index contributed by atoms with van der Waals surface area (Å²) >= 11 is 3.56. The van der Waals surface area contributed by atoms with Crippen LogP contribution in [0.15, 0.2) is 24.3 Å². The van der Waals surface area contributed by atoms with E-state index in [-0.39, 0.29) is 28.4 Å². The molecule has 0 saturated heterocycles. The minimum Gasteiger partial charge on any atom is -0.507 e. The molecule has 1 N–H and O–H groups in total. The Kier molecular flexibility index (Phi) is 4.26. The normalized spacial score (nSPS) is 8.45.